The van der Waals surface area contributed by atoms with Gasteiger partial charge in [0.05, 0.1) is 5.56 Å². The molecule has 3 unspecified atom stereocenters. The highest BCUT2D eigenvalue weighted by molar-refractivity contribution is 7.10. The third kappa shape index (κ3) is 2.88. The number of amides is 1. The van der Waals surface area contributed by atoms with E-state index in [4.69, 9.17) is 5.73 Å². The highest BCUT2D eigenvalue weighted by Crippen LogP contribution is 2.34. The van der Waals surface area contributed by atoms with Crippen molar-refractivity contribution in [3.63, 3.8) is 0 Å². The summed E-state index contributed by atoms with van der Waals surface area (Å²) in [6.07, 6.45) is 5.57. The summed E-state index contributed by atoms with van der Waals surface area (Å²) in [7, 11) is 0. The Balaban J connectivity index is 1.82. The van der Waals surface area contributed by atoms with E-state index in [9.17, 15) is 4.79 Å². The number of thiophene rings is 1. The molecule has 2 N–H and O–H groups in total. The number of likely N-dealkylation sites (tertiary alicyclic amines) is 1. The second-order valence-corrected chi connectivity index (χ2v) is 7.88. The van der Waals surface area contributed by atoms with Crippen LogP contribution in [0.15, 0.2) is 5.38 Å². The number of hydrogen-bond donors (Lipinski definition) is 1. The zero-order valence-electron chi connectivity index (χ0n) is 13.1. The monoisotopic (exact) mass is 306 g/mol. The molecule has 3 nitrogen and oxygen atoms in total. The zero-order chi connectivity index (χ0) is 15.0. The minimum Gasteiger partial charge on any atom is -0.334 e. The summed E-state index contributed by atoms with van der Waals surface area (Å²) in [5, 5.41) is 2.09. The van der Waals surface area contributed by atoms with Crippen LogP contribution in [0.4, 0.5) is 0 Å². The molecule has 1 saturated heterocycles. The smallest absolute Gasteiger partial charge is 0.255 e. The molecule has 1 amide bonds. The number of rotatable bonds is 2. The first-order valence-corrected chi connectivity index (χ1v) is 9.08. The van der Waals surface area contributed by atoms with Gasteiger partial charge >= 0.3 is 0 Å². The lowest BCUT2D eigenvalue weighted by Crippen LogP contribution is -2.49. The van der Waals surface area contributed by atoms with Crippen molar-refractivity contribution in [3.8, 4) is 0 Å². The van der Waals surface area contributed by atoms with Gasteiger partial charge in [0, 0.05) is 29.4 Å². The van der Waals surface area contributed by atoms with Gasteiger partial charge in [-0.15, -0.1) is 11.3 Å². The molecule has 4 heteroatoms. The Hall–Kier alpha value is -0.870. The average Bonchev–Trinajstić information content (AvgIpc) is 2.89. The van der Waals surface area contributed by atoms with Crippen LogP contribution < -0.4 is 5.73 Å². The number of carbonyl (C=O) groups is 1. The maximum Gasteiger partial charge on any atom is 0.255 e. The van der Waals surface area contributed by atoms with Gasteiger partial charge in [0.2, 0.25) is 0 Å². The minimum atomic E-state index is 0.222. The number of carbonyl (C=O) groups excluding carboxylic acids is 1. The first-order chi connectivity index (χ1) is 10.1. The van der Waals surface area contributed by atoms with Crippen LogP contribution in [0.25, 0.3) is 0 Å². The Morgan fingerprint density at radius 3 is 2.95 bits per heavy atom. The van der Waals surface area contributed by atoms with Crippen LogP contribution in [0, 0.1) is 11.8 Å². The van der Waals surface area contributed by atoms with Gasteiger partial charge in [0.25, 0.3) is 5.91 Å². The predicted octanol–water partition coefficient (Wildman–Crippen LogP) is 3.07. The van der Waals surface area contributed by atoms with Gasteiger partial charge in [-0.2, -0.15) is 0 Å². The Labute approximate surface area is 131 Å². The summed E-state index contributed by atoms with van der Waals surface area (Å²) in [4.78, 5) is 16.4. The molecule has 0 saturated carbocycles. The number of nitrogens with zero attached hydrogens (tertiary/aromatic N) is 1. The molecular formula is C17H26N2OS. The number of piperidine rings is 1. The van der Waals surface area contributed by atoms with Crippen LogP contribution in [0.5, 0.6) is 0 Å². The van der Waals surface area contributed by atoms with E-state index in [2.05, 4.69) is 19.2 Å². The lowest BCUT2D eigenvalue weighted by Gasteiger charge is -2.38. The minimum absolute atomic E-state index is 0.222. The van der Waals surface area contributed by atoms with Crippen molar-refractivity contribution in [1.29, 1.82) is 0 Å². The molecule has 3 rings (SSSR count). The molecule has 116 valence electrons. The molecule has 1 aliphatic heterocycles. The third-order valence-electron chi connectivity index (χ3n) is 5.14. The van der Waals surface area contributed by atoms with E-state index in [0.29, 0.717) is 12.5 Å². The summed E-state index contributed by atoms with van der Waals surface area (Å²) >= 11 is 1.78. The van der Waals surface area contributed by atoms with Gasteiger partial charge in [0.1, 0.15) is 0 Å². The molecule has 2 heterocycles. The molecule has 0 bridgehead atoms. The Kier molecular flexibility index (Phi) is 4.36. The zero-order valence-corrected chi connectivity index (χ0v) is 13.9. The Morgan fingerprint density at radius 1 is 1.38 bits per heavy atom. The second-order valence-electron chi connectivity index (χ2n) is 6.92. The molecule has 2 aliphatic rings. The van der Waals surface area contributed by atoms with Crippen LogP contribution in [0.3, 0.4) is 0 Å². The Morgan fingerprint density at radius 2 is 2.19 bits per heavy atom. The van der Waals surface area contributed by atoms with Crippen molar-refractivity contribution < 1.29 is 4.79 Å². The highest BCUT2D eigenvalue weighted by atomic mass is 32.1. The van der Waals surface area contributed by atoms with Crippen molar-refractivity contribution >= 4 is 17.2 Å². The average molecular weight is 306 g/mol. The van der Waals surface area contributed by atoms with Crippen LogP contribution in [0.1, 0.15) is 53.9 Å². The molecule has 1 fully saturated rings. The lowest BCUT2D eigenvalue weighted by molar-refractivity contribution is 0.0572. The molecular weight excluding hydrogens is 280 g/mol. The van der Waals surface area contributed by atoms with Gasteiger partial charge < -0.3 is 10.6 Å². The van der Waals surface area contributed by atoms with Gasteiger partial charge in [-0.05, 0) is 49.5 Å². The molecule has 0 radical (unpaired) electrons. The molecule has 1 aromatic heterocycles. The Bertz CT molecular complexity index is 525. The molecule has 3 atom stereocenters. The van der Waals surface area contributed by atoms with Crippen LogP contribution in [-0.2, 0) is 12.8 Å². The molecule has 0 aromatic carbocycles. The van der Waals surface area contributed by atoms with Crippen molar-refractivity contribution in [2.75, 3.05) is 13.1 Å². The highest BCUT2D eigenvalue weighted by Gasteiger charge is 2.32. The molecule has 1 aliphatic carbocycles. The lowest BCUT2D eigenvalue weighted by atomic mass is 9.87. The molecule has 21 heavy (non-hydrogen) atoms. The predicted molar refractivity (Wildman–Crippen MR) is 87.8 cm³/mol. The number of hydrogen-bond acceptors (Lipinski definition) is 3. The van der Waals surface area contributed by atoms with Crippen molar-refractivity contribution in [2.45, 2.75) is 52.0 Å². The van der Waals surface area contributed by atoms with E-state index in [1.54, 1.807) is 11.3 Å². The maximum atomic E-state index is 13.0. The largest absolute Gasteiger partial charge is 0.334 e. The van der Waals surface area contributed by atoms with E-state index >= 15 is 0 Å². The van der Waals surface area contributed by atoms with Crippen LogP contribution in [-0.4, -0.2) is 29.9 Å². The van der Waals surface area contributed by atoms with Crippen LogP contribution >= 0.6 is 11.3 Å². The SMILES string of the molecule is CC1CCc2c(C(=O)N3CCC(C)CC3CN)csc2C1. The summed E-state index contributed by atoms with van der Waals surface area (Å²) in [6.45, 7) is 6.02. The van der Waals surface area contributed by atoms with E-state index in [1.165, 1.54) is 16.9 Å². The summed E-state index contributed by atoms with van der Waals surface area (Å²) in [5.74, 6) is 1.66. The molecule has 1 aromatic rings. The number of fused-ring (bicyclic) bond motifs is 1. The first-order valence-electron chi connectivity index (χ1n) is 8.20. The third-order valence-corrected chi connectivity index (χ3v) is 6.19. The quantitative estimate of drug-likeness (QED) is 0.912. The fourth-order valence-electron chi connectivity index (χ4n) is 3.75. The van der Waals surface area contributed by atoms with Gasteiger partial charge in [-0.1, -0.05) is 13.8 Å². The van der Waals surface area contributed by atoms with E-state index < -0.39 is 0 Å². The maximum absolute atomic E-state index is 13.0. The first kappa shape index (κ1) is 15.0. The van der Waals surface area contributed by atoms with E-state index in [1.807, 2.05) is 4.90 Å². The number of nitrogens with two attached hydrogens (primary N) is 1. The topological polar surface area (TPSA) is 46.3 Å². The summed E-state index contributed by atoms with van der Waals surface area (Å²) in [6, 6.07) is 0.222. The van der Waals surface area contributed by atoms with Crippen molar-refractivity contribution in [1.82, 2.24) is 4.90 Å². The summed E-state index contributed by atoms with van der Waals surface area (Å²) < 4.78 is 0. The fourth-order valence-corrected chi connectivity index (χ4v) is 4.99. The van der Waals surface area contributed by atoms with Crippen molar-refractivity contribution in [3.05, 3.63) is 21.4 Å². The standard InChI is InChI=1S/C17H26N2OS/c1-11-3-4-14-15(10-21-16(14)8-11)17(20)19-6-5-12(2)7-13(19)9-18/h10-13H,3-9,18H2,1-2H3. The summed E-state index contributed by atoms with van der Waals surface area (Å²) in [5.41, 5.74) is 8.21. The van der Waals surface area contributed by atoms with Gasteiger partial charge in [-0.3, -0.25) is 4.79 Å². The normalized spacial score (nSPS) is 29.3. The second kappa shape index (κ2) is 6.09. The van der Waals surface area contributed by atoms with E-state index in [0.717, 1.165) is 43.7 Å². The van der Waals surface area contributed by atoms with Crippen molar-refractivity contribution in [2.24, 2.45) is 17.6 Å². The van der Waals surface area contributed by atoms with Gasteiger partial charge in [0.15, 0.2) is 0 Å². The van der Waals surface area contributed by atoms with Gasteiger partial charge in [-0.25, -0.2) is 0 Å². The fraction of sp³-hybridized carbons (Fsp3) is 0.706. The molecule has 0 spiro atoms. The van der Waals surface area contributed by atoms with Crippen LogP contribution in [0.2, 0.25) is 0 Å². The van der Waals surface area contributed by atoms with E-state index in [-0.39, 0.29) is 11.9 Å².